The molecular weight excluding hydrogens is 297 g/mol. The van der Waals surface area contributed by atoms with Crippen LogP contribution in [-0.2, 0) is 0 Å². The van der Waals surface area contributed by atoms with Gasteiger partial charge in [0.05, 0.1) is 6.54 Å². The summed E-state index contributed by atoms with van der Waals surface area (Å²) in [5.74, 6) is 0.730. The molecule has 1 fully saturated rings. The summed E-state index contributed by atoms with van der Waals surface area (Å²) in [6, 6.07) is 7.34. The van der Waals surface area contributed by atoms with Gasteiger partial charge in [0.1, 0.15) is 17.7 Å². The fourth-order valence-electron chi connectivity index (χ4n) is 2.66. The number of halogens is 1. The smallest absolute Gasteiger partial charge is 0.253 e. The van der Waals surface area contributed by atoms with Crippen molar-refractivity contribution in [2.24, 2.45) is 0 Å². The van der Waals surface area contributed by atoms with Gasteiger partial charge in [0.2, 0.25) is 5.88 Å². The van der Waals surface area contributed by atoms with Crippen molar-refractivity contribution in [3.63, 3.8) is 0 Å². The maximum absolute atomic E-state index is 13.0. The highest BCUT2D eigenvalue weighted by atomic mass is 19.1. The van der Waals surface area contributed by atoms with Crippen molar-refractivity contribution in [2.45, 2.75) is 25.9 Å². The second kappa shape index (κ2) is 6.73. The first-order valence-corrected chi connectivity index (χ1v) is 7.63. The Morgan fingerprint density at radius 2 is 2.09 bits per heavy atom. The molecule has 0 radical (unpaired) electrons. The third kappa shape index (κ3) is 3.83. The number of carbonyl (C=O) groups is 1. The summed E-state index contributed by atoms with van der Waals surface area (Å²) in [5.41, 5.74) is 0.491. The number of benzene rings is 1. The summed E-state index contributed by atoms with van der Waals surface area (Å²) < 4.78 is 18.8. The van der Waals surface area contributed by atoms with Crippen LogP contribution in [0.3, 0.4) is 0 Å². The summed E-state index contributed by atoms with van der Waals surface area (Å²) in [6.07, 6.45) is 3.29. The van der Waals surface area contributed by atoms with Crippen LogP contribution in [0.5, 0.6) is 5.88 Å². The van der Waals surface area contributed by atoms with Crippen LogP contribution in [0.15, 0.2) is 36.5 Å². The number of piperidine rings is 1. The standard InChI is InChI=1S/C17H18FN3O2/c1-12-19-9-8-16(20-12)23-15-3-2-10-21(11-15)17(22)13-4-6-14(18)7-5-13/h4-9,15H,2-3,10-11H2,1H3. The molecule has 2 heterocycles. The van der Waals surface area contributed by atoms with Gasteiger partial charge in [-0.25, -0.2) is 9.37 Å². The molecule has 3 rings (SSSR count). The second-order valence-electron chi connectivity index (χ2n) is 5.58. The molecule has 0 aliphatic carbocycles. The van der Waals surface area contributed by atoms with Crippen molar-refractivity contribution < 1.29 is 13.9 Å². The first kappa shape index (κ1) is 15.4. The van der Waals surface area contributed by atoms with Gasteiger partial charge in [-0.1, -0.05) is 0 Å². The van der Waals surface area contributed by atoms with Crippen LogP contribution in [0.25, 0.3) is 0 Å². The molecular formula is C17H18FN3O2. The number of ether oxygens (including phenoxy) is 1. The van der Waals surface area contributed by atoms with Gasteiger partial charge in [-0.3, -0.25) is 4.79 Å². The summed E-state index contributed by atoms with van der Waals surface area (Å²) >= 11 is 0. The van der Waals surface area contributed by atoms with Gasteiger partial charge in [0, 0.05) is 24.4 Å². The minimum atomic E-state index is -0.347. The molecule has 23 heavy (non-hydrogen) atoms. The van der Waals surface area contributed by atoms with Crippen molar-refractivity contribution in [3.05, 3.63) is 53.7 Å². The molecule has 120 valence electrons. The van der Waals surface area contributed by atoms with Crippen LogP contribution in [0, 0.1) is 12.7 Å². The van der Waals surface area contributed by atoms with Crippen LogP contribution >= 0.6 is 0 Å². The zero-order chi connectivity index (χ0) is 16.2. The van der Waals surface area contributed by atoms with Crippen LogP contribution in [-0.4, -0.2) is 40.0 Å². The van der Waals surface area contributed by atoms with Crippen molar-refractivity contribution >= 4 is 5.91 Å². The molecule has 5 nitrogen and oxygen atoms in total. The highest BCUT2D eigenvalue weighted by Crippen LogP contribution is 2.18. The Morgan fingerprint density at radius 3 is 2.83 bits per heavy atom. The zero-order valence-corrected chi connectivity index (χ0v) is 12.9. The largest absolute Gasteiger partial charge is 0.472 e. The van der Waals surface area contributed by atoms with Crippen LogP contribution < -0.4 is 4.74 Å². The van der Waals surface area contributed by atoms with Crippen molar-refractivity contribution in [1.29, 1.82) is 0 Å². The fraction of sp³-hybridized carbons (Fsp3) is 0.353. The van der Waals surface area contributed by atoms with Gasteiger partial charge >= 0.3 is 0 Å². The number of aromatic nitrogens is 2. The minimum absolute atomic E-state index is 0.0950. The molecule has 0 spiro atoms. The molecule has 1 aromatic heterocycles. The van der Waals surface area contributed by atoms with E-state index >= 15 is 0 Å². The average molecular weight is 315 g/mol. The van der Waals surface area contributed by atoms with Crippen LogP contribution in [0.1, 0.15) is 29.0 Å². The molecule has 1 atom stereocenters. The number of likely N-dealkylation sites (tertiary alicyclic amines) is 1. The minimum Gasteiger partial charge on any atom is -0.472 e. The number of aryl methyl sites for hydroxylation is 1. The number of hydrogen-bond donors (Lipinski definition) is 0. The average Bonchev–Trinajstić information content (AvgIpc) is 2.55. The van der Waals surface area contributed by atoms with E-state index in [4.69, 9.17) is 4.74 Å². The second-order valence-corrected chi connectivity index (χ2v) is 5.58. The van der Waals surface area contributed by atoms with Crippen molar-refractivity contribution in [3.8, 4) is 5.88 Å². The predicted molar refractivity (Wildman–Crippen MR) is 82.7 cm³/mol. The maximum Gasteiger partial charge on any atom is 0.253 e. The molecule has 0 bridgehead atoms. The molecule has 6 heteroatoms. The van der Waals surface area contributed by atoms with E-state index in [1.54, 1.807) is 24.1 Å². The molecule has 1 aliphatic rings. The SMILES string of the molecule is Cc1nccc(OC2CCCN(C(=O)c3ccc(F)cc3)C2)n1. The molecule has 1 aliphatic heterocycles. The van der Waals surface area contributed by atoms with E-state index in [-0.39, 0.29) is 17.8 Å². The highest BCUT2D eigenvalue weighted by molar-refractivity contribution is 5.94. The predicted octanol–water partition coefficient (Wildman–Crippen LogP) is 2.61. The third-order valence-electron chi connectivity index (χ3n) is 3.79. The third-order valence-corrected chi connectivity index (χ3v) is 3.79. The normalized spacial score (nSPS) is 17.8. The van der Waals surface area contributed by atoms with Gasteiger partial charge < -0.3 is 9.64 Å². The number of carbonyl (C=O) groups excluding carboxylic acids is 1. The Bertz CT molecular complexity index is 690. The summed E-state index contributed by atoms with van der Waals surface area (Å²) in [4.78, 5) is 22.5. The van der Waals surface area contributed by atoms with Gasteiger partial charge in [0.15, 0.2) is 0 Å². The summed E-state index contributed by atoms with van der Waals surface area (Å²) in [6.45, 7) is 2.98. The number of rotatable bonds is 3. The lowest BCUT2D eigenvalue weighted by molar-refractivity contribution is 0.0527. The van der Waals surface area contributed by atoms with Gasteiger partial charge in [0.25, 0.3) is 5.91 Å². The molecule has 1 aromatic carbocycles. The lowest BCUT2D eigenvalue weighted by atomic mass is 10.1. The fourth-order valence-corrected chi connectivity index (χ4v) is 2.66. The van der Waals surface area contributed by atoms with E-state index in [0.717, 1.165) is 12.8 Å². The maximum atomic E-state index is 13.0. The number of hydrogen-bond acceptors (Lipinski definition) is 4. The Kier molecular flexibility index (Phi) is 4.50. The Morgan fingerprint density at radius 1 is 1.30 bits per heavy atom. The van der Waals surface area contributed by atoms with E-state index < -0.39 is 0 Å². The molecule has 1 amide bonds. The van der Waals surface area contributed by atoms with Crippen LogP contribution in [0.2, 0.25) is 0 Å². The van der Waals surface area contributed by atoms with Gasteiger partial charge in [-0.15, -0.1) is 0 Å². The molecule has 0 saturated carbocycles. The molecule has 1 saturated heterocycles. The zero-order valence-electron chi connectivity index (χ0n) is 12.9. The Hall–Kier alpha value is -2.50. The summed E-state index contributed by atoms with van der Waals surface area (Å²) in [7, 11) is 0. The lowest BCUT2D eigenvalue weighted by Crippen LogP contribution is -2.44. The quantitative estimate of drug-likeness (QED) is 0.873. The van der Waals surface area contributed by atoms with Crippen molar-refractivity contribution in [1.82, 2.24) is 14.9 Å². The van der Waals surface area contributed by atoms with Crippen LogP contribution in [0.4, 0.5) is 4.39 Å². The van der Waals surface area contributed by atoms with E-state index in [1.165, 1.54) is 24.3 Å². The molecule has 2 aromatic rings. The lowest BCUT2D eigenvalue weighted by Gasteiger charge is -2.32. The van der Waals surface area contributed by atoms with Gasteiger partial charge in [-0.2, -0.15) is 4.98 Å². The number of nitrogens with zero attached hydrogens (tertiary/aromatic N) is 3. The Balaban J connectivity index is 1.66. The highest BCUT2D eigenvalue weighted by Gasteiger charge is 2.26. The number of amides is 1. The first-order chi connectivity index (χ1) is 11.1. The Labute approximate surface area is 134 Å². The summed E-state index contributed by atoms with van der Waals surface area (Å²) in [5, 5.41) is 0. The van der Waals surface area contributed by atoms with E-state index in [1.807, 2.05) is 0 Å². The molecule has 1 unspecified atom stereocenters. The topological polar surface area (TPSA) is 55.3 Å². The van der Waals surface area contributed by atoms with Crippen molar-refractivity contribution in [2.75, 3.05) is 13.1 Å². The van der Waals surface area contributed by atoms with E-state index in [2.05, 4.69) is 9.97 Å². The van der Waals surface area contributed by atoms with E-state index in [9.17, 15) is 9.18 Å². The van der Waals surface area contributed by atoms with Gasteiger partial charge in [-0.05, 0) is 44.0 Å². The monoisotopic (exact) mass is 315 g/mol. The first-order valence-electron chi connectivity index (χ1n) is 7.63. The van der Waals surface area contributed by atoms with E-state index in [0.29, 0.717) is 30.4 Å². The molecule has 0 N–H and O–H groups in total.